The number of para-hydroxylation sites is 6. The van der Waals surface area contributed by atoms with Gasteiger partial charge in [0.1, 0.15) is 46.0 Å². The van der Waals surface area contributed by atoms with Gasteiger partial charge in [0.2, 0.25) is 0 Å². The lowest BCUT2D eigenvalue weighted by molar-refractivity contribution is 0.466. The van der Waals surface area contributed by atoms with Crippen molar-refractivity contribution in [3.05, 3.63) is 241 Å². The number of ether oxygens (including phenoxy) is 4. The SMILES string of the molecule is c1ccc(N(c2ccccc2)c2cc3c4c(c2)N(c2ccc5c(c2)CC5)c2cc5c6c(c2B4c2c(cc4c7c2Oc2ccccc2B7c2ccccc2O4)N3c2ccc3c(c2)CC3)Oc2ccccc2B6c2ccccc2O5)cc1. The van der Waals surface area contributed by atoms with Crippen molar-refractivity contribution in [3.8, 4) is 46.0 Å². The minimum atomic E-state index is -0.418. The first kappa shape index (κ1) is 43.2. The fourth-order valence-electron chi connectivity index (χ4n) is 14.7. The Labute approximate surface area is 464 Å². The number of anilines is 9. The maximum Gasteiger partial charge on any atom is 0.261 e. The van der Waals surface area contributed by atoms with Crippen molar-refractivity contribution in [2.45, 2.75) is 25.7 Å². The molecule has 6 heterocycles. The normalized spacial score (nSPS) is 14.8. The van der Waals surface area contributed by atoms with Crippen molar-refractivity contribution < 1.29 is 18.9 Å². The van der Waals surface area contributed by atoms with Crippen LogP contribution in [-0.2, 0) is 25.7 Å². The van der Waals surface area contributed by atoms with Crippen molar-refractivity contribution in [3.63, 3.8) is 0 Å². The first-order valence-electron chi connectivity index (χ1n) is 28.1. The summed E-state index contributed by atoms with van der Waals surface area (Å²) in [4.78, 5) is 7.47. The van der Waals surface area contributed by atoms with Gasteiger partial charge in [0.25, 0.3) is 20.1 Å². The van der Waals surface area contributed by atoms with Gasteiger partial charge in [0, 0.05) is 68.6 Å². The fraction of sp³-hybridized carbons (Fsp3) is 0.0571. The van der Waals surface area contributed by atoms with E-state index in [9.17, 15) is 0 Å². The van der Waals surface area contributed by atoms with Gasteiger partial charge in [-0.3, -0.25) is 0 Å². The van der Waals surface area contributed by atoms with E-state index >= 15 is 0 Å². The van der Waals surface area contributed by atoms with Gasteiger partial charge in [-0.2, -0.15) is 0 Å². The van der Waals surface area contributed by atoms with Crippen molar-refractivity contribution in [2.75, 3.05) is 14.7 Å². The average Bonchev–Trinajstić information content (AvgIpc) is 3.66. The smallest absolute Gasteiger partial charge is 0.261 e. The summed E-state index contributed by atoms with van der Waals surface area (Å²) in [5.41, 5.74) is 24.9. The lowest BCUT2D eigenvalue weighted by Crippen LogP contribution is -2.66. The molecule has 0 atom stereocenters. The number of aryl methyl sites for hydroxylation is 4. The largest absolute Gasteiger partial charge is 0.459 e. The maximum atomic E-state index is 7.66. The predicted molar refractivity (Wildman–Crippen MR) is 325 cm³/mol. The Bertz CT molecular complexity index is 4260. The molecule has 0 aromatic heterocycles. The van der Waals surface area contributed by atoms with E-state index in [2.05, 4.69) is 233 Å². The number of hydrogen-bond donors (Lipinski definition) is 0. The quantitative estimate of drug-likeness (QED) is 0.159. The molecule has 11 aromatic carbocycles. The minimum Gasteiger partial charge on any atom is -0.459 e. The second kappa shape index (κ2) is 15.9. The van der Waals surface area contributed by atoms with Crippen LogP contribution in [0, 0.1) is 0 Å². The topological polar surface area (TPSA) is 46.6 Å². The van der Waals surface area contributed by atoms with E-state index in [0.29, 0.717) is 0 Å². The Kier molecular flexibility index (Phi) is 8.60. The van der Waals surface area contributed by atoms with Crippen molar-refractivity contribution in [1.29, 1.82) is 0 Å². The summed E-state index contributed by atoms with van der Waals surface area (Å²) in [5.74, 6) is 6.64. The highest BCUT2D eigenvalue weighted by atomic mass is 16.5. The number of fused-ring (bicyclic) bond motifs is 16. The summed E-state index contributed by atoms with van der Waals surface area (Å²) >= 11 is 0. The van der Waals surface area contributed by atoms with E-state index in [1.807, 2.05) is 0 Å². The Balaban J connectivity index is 0.990. The van der Waals surface area contributed by atoms with Crippen LogP contribution in [-0.4, -0.2) is 20.1 Å². The second-order valence-corrected chi connectivity index (χ2v) is 22.4. The lowest BCUT2D eigenvalue weighted by Gasteiger charge is -2.48. The standard InChI is InChI=1S/C70H44B3N3O4/c1-3-15-45(16-4-1)74(46-17-5-2-6-18-46)49-37-54-64-55(38-49)76(48-34-32-42-28-30-44(42)36-48)57-40-63-68-70(80-61-26-14-10-22-53(61)72(68)51-20-8-12-24-59(51)78-63)66(57)73(64)65-56(75(54)47-33-31-41-27-29-43(41)35-47)39-62-67-69(65)79-60-25-13-9-21-52(60)71(67)50-19-7-11-23-58(50)77-62/h1-26,31-40H,27-30H2. The van der Waals surface area contributed by atoms with E-state index in [0.717, 1.165) is 167 Å². The summed E-state index contributed by atoms with van der Waals surface area (Å²) < 4.78 is 29.8. The highest BCUT2D eigenvalue weighted by Gasteiger charge is 2.54. The van der Waals surface area contributed by atoms with Crippen LogP contribution in [0.15, 0.2) is 218 Å². The third-order valence-corrected chi connectivity index (χ3v) is 18.4. The molecule has 6 aliphatic heterocycles. The molecule has 0 unspecified atom stereocenters. The van der Waals surface area contributed by atoms with E-state index in [1.54, 1.807) is 0 Å². The van der Waals surface area contributed by atoms with Crippen LogP contribution in [0.5, 0.6) is 46.0 Å². The molecule has 2 aliphatic carbocycles. The van der Waals surface area contributed by atoms with Crippen LogP contribution in [0.2, 0.25) is 0 Å². The summed E-state index contributed by atoms with van der Waals surface area (Å²) in [6.45, 7) is -0.696. The first-order valence-corrected chi connectivity index (χ1v) is 28.1. The van der Waals surface area contributed by atoms with Gasteiger partial charge in [0.05, 0.1) is 5.69 Å². The Hall–Kier alpha value is -9.79. The van der Waals surface area contributed by atoms with Crippen LogP contribution in [0.4, 0.5) is 51.2 Å². The van der Waals surface area contributed by atoms with E-state index in [4.69, 9.17) is 18.9 Å². The maximum absolute atomic E-state index is 7.66. The molecule has 80 heavy (non-hydrogen) atoms. The van der Waals surface area contributed by atoms with Crippen LogP contribution >= 0.6 is 0 Å². The van der Waals surface area contributed by atoms with Gasteiger partial charge in [-0.15, -0.1) is 0 Å². The third-order valence-electron chi connectivity index (χ3n) is 18.4. The molecule has 372 valence electrons. The first-order chi connectivity index (χ1) is 39.7. The van der Waals surface area contributed by atoms with Crippen molar-refractivity contribution in [1.82, 2.24) is 0 Å². The average molecular weight is 1020 g/mol. The van der Waals surface area contributed by atoms with Crippen LogP contribution < -0.4 is 82.8 Å². The molecular weight excluding hydrogens is 979 g/mol. The molecule has 0 amide bonds. The van der Waals surface area contributed by atoms with Crippen molar-refractivity contribution >= 4 is 120 Å². The van der Waals surface area contributed by atoms with Gasteiger partial charge < -0.3 is 33.6 Å². The van der Waals surface area contributed by atoms with Crippen LogP contribution in [0.25, 0.3) is 0 Å². The fourth-order valence-corrected chi connectivity index (χ4v) is 14.7. The summed E-state index contributed by atoms with van der Waals surface area (Å²) in [5, 5.41) is 0. The van der Waals surface area contributed by atoms with Crippen molar-refractivity contribution in [2.24, 2.45) is 0 Å². The highest BCUT2D eigenvalue weighted by Crippen LogP contribution is 2.53. The number of rotatable bonds is 5. The molecule has 8 aliphatic rings. The molecule has 7 nitrogen and oxygen atoms in total. The number of hydrogen-bond acceptors (Lipinski definition) is 7. The molecule has 0 saturated heterocycles. The Morgan fingerprint density at radius 2 is 0.662 bits per heavy atom. The number of benzene rings is 11. The second-order valence-electron chi connectivity index (χ2n) is 22.4. The zero-order chi connectivity index (χ0) is 51.9. The van der Waals surface area contributed by atoms with Gasteiger partial charge in [0.15, 0.2) is 0 Å². The molecule has 11 aromatic rings. The van der Waals surface area contributed by atoms with E-state index in [-0.39, 0.29) is 13.4 Å². The predicted octanol–water partition coefficient (Wildman–Crippen LogP) is 10.9. The minimum absolute atomic E-state index is 0.139. The van der Waals surface area contributed by atoms with Gasteiger partial charge in [-0.1, -0.05) is 121 Å². The van der Waals surface area contributed by atoms with Gasteiger partial charge >= 0.3 is 0 Å². The summed E-state index contributed by atoms with van der Waals surface area (Å²) in [6.07, 6.45) is 4.24. The molecule has 19 rings (SSSR count). The third kappa shape index (κ3) is 5.81. The molecule has 0 N–H and O–H groups in total. The van der Waals surface area contributed by atoms with Gasteiger partial charge in [-0.25, -0.2) is 0 Å². The number of nitrogens with zero attached hydrogens (tertiary/aromatic N) is 3. The summed E-state index contributed by atoms with van der Waals surface area (Å²) in [7, 11) is 0. The Morgan fingerprint density at radius 1 is 0.287 bits per heavy atom. The van der Waals surface area contributed by atoms with Crippen LogP contribution in [0.3, 0.4) is 0 Å². The molecule has 0 radical (unpaired) electrons. The van der Waals surface area contributed by atoms with Gasteiger partial charge in [-0.05, 0) is 171 Å². The van der Waals surface area contributed by atoms with E-state index < -0.39 is 6.71 Å². The lowest BCUT2D eigenvalue weighted by atomic mass is 9.28. The Morgan fingerprint density at radius 3 is 1.06 bits per heavy atom. The summed E-state index contributed by atoms with van der Waals surface area (Å²) in [6, 6.07) is 79.6. The molecule has 0 spiro atoms. The molecule has 0 bridgehead atoms. The molecular formula is C70H44B3N3O4. The monoisotopic (exact) mass is 1020 g/mol. The van der Waals surface area contributed by atoms with E-state index in [1.165, 1.54) is 27.7 Å². The molecule has 0 fully saturated rings. The van der Waals surface area contributed by atoms with Crippen LogP contribution in [0.1, 0.15) is 22.3 Å². The zero-order valence-electron chi connectivity index (χ0n) is 43.3. The highest BCUT2D eigenvalue weighted by molar-refractivity contribution is 7.05. The molecule has 10 heteroatoms. The zero-order valence-corrected chi connectivity index (χ0v) is 43.3. The molecule has 0 saturated carbocycles.